The minimum atomic E-state index is -0.555. The molecule has 0 radical (unpaired) electrons. The molecule has 14 atom stereocenters. The van der Waals surface area contributed by atoms with Gasteiger partial charge in [0.1, 0.15) is 29.7 Å². The summed E-state index contributed by atoms with van der Waals surface area (Å²) in [6.07, 6.45) is 16.1. The fourth-order valence-corrected chi connectivity index (χ4v) is 16.3. The van der Waals surface area contributed by atoms with Gasteiger partial charge in [-0.1, -0.05) is 65.0 Å². The fourth-order valence-electron chi connectivity index (χ4n) is 16.3. The lowest BCUT2D eigenvalue weighted by atomic mass is 9.52. The largest absolute Gasteiger partial charge is 0.507 e. The lowest BCUT2D eigenvalue weighted by Crippen LogP contribution is -2.61. The molecule has 11 fully saturated rings. The van der Waals surface area contributed by atoms with E-state index >= 15 is 0 Å². The third kappa shape index (κ3) is 11.3. The number of carbonyl (C=O) groups is 5. The summed E-state index contributed by atoms with van der Waals surface area (Å²) < 4.78 is 34.2. The molecule has 438 valence electrons. The summed E-state index contributed by atoms with van der Waals surface area (Å²) in [6, 6.07) is 11.0. The van der Waals surface area contributed by atoms with Gasteiger partial charge in [-0.2, -0.15) is 0 Å². The van der Waals surface area contributed by atoms with Crippen molar-refractivity contribution in [2.24, 2.45) is 74.9 Å². The summed E-state index contributed by atoms with van der Waals surface area (Å²) in [5.41, 5.74) is -1.86. The highest BCUT2D eigenvalue weighted by Crippen LogP contribution is 2.71. The number of carbonyl (C=O) groups excluding carboxylic acids is 5. The summed E-state index contributed by atoms with van der Waals surface area (Å²) in [4.78, 5) is 60.7. The second-order valence-electron chi connectivity index (χ2n) is 28.9. The van der Waals surface area contributed by atoms with Crippen LogP contribution in [0.15, 0.2) is 36.4 Å². The fraction of sp³-hybridized carbons (Fsp3) is 0.773. The van der Waals surface area contributed by atoms with Gasteiger partial charge in [0.05, 0.1) is 39.3 Å². The predicted molar refractivity (Wildman–Crippen MR) is 300 cm³/mol. The lowest BCUT2D eigenvalue weighted by molar-refractivity contribution is -0.225. The van der Waals surface area contributed by atoms with Crippen LogP contribution in [-0.2, 0) is 59.0 Å². The van der Waals surface area contributed by atoms with Crippen LogP contribution in [0.1, 0.15) is 205 Å². The lowest BCUT2D eigenvalue weighted by Gasteiger charge is -2.59. The highest BCUT2D eigenvalue weighted by atomic mass is 16.7. The van der Waals surface area contributed by atoms with Crippen LogP contribution in [0.4, 0.5) is 0 Å². The molecule has 10 bridgehead atoms. The zero-order chi connectivity index (χ0) is 57.4. The molecule has 3 heterocycles. The molecule has 11 aliphatic rings. The Kier molecular flexibility index (Phi) is 16.4. The Morgan fingerprint density at radius 1 is 0.633 bits per heavy atom. The second kappa shape index (κ2) is 21.8. The maximum absolute atomic E-state index is 12.7. The van der Waals surface area contributed by atoms with Crippen molar-refractivity contribution in [1.29, 1.82) is 0 Å². The minimum absolute atomic E-state index is 0.0455. The molecule has 8 saturated carbocycles. The molecular formula is C66H96O13. The van der Waals surface area contributed by atoms with Gasteiger partial charge in [0.25, 0.3) is 0 Å². The molecule has 14 unspecified atom stereocenters. The first-order valence-corrected chi connectivity index (χ1v) is 30.7. The predicted octanol–water partition coefficient (Wildman–Crippen LogP) is 12.9. The molecule has 79 heavy (non-hydrogen) atoms. The van der Waals surface area contributed by atoms with Gasteiger partial charge in [-0.25, -0.2) is 0 Å². The van der Waals surface area contributed by atoms with Crippen molar-refractivity contribution in [2.45, 2.75) is 247 Å². The Hall–Kier alpha value is -4.23. The van der Waals surface area contributed by atoms with Crippen molar-refractivity contribution in [2.75, 3.05) is 0 Å². The first kappa shape index (κ1) is 59.4. The van der Waals surface area contributed by atoms with E-state index in [0.717, 1.165) is 104 Å². The van der Waals surface area contributed by atoms with Crippen LogP contribution in [0.3, 0.4) is 0 Å². The number of phenols is 1. The number of hydrogen-bond acceptors (Lipinski definition) is 13. The number of phenolic OH excluding ortho intramolecular Hbond substituents is 1. The van der Waals surface area contributed by atoms with E-state index < -0.39 is 34.1 Å². The van der Waals surface area contributed by atoms with Crippen molar-refractivity contribution >= 4 is 40.6 Å². The van der Waals surface area contributed by atoms with Crippen LogP contribution in [0.2, 0.25) is 0 Å². The average molecular weight is 1100 g/mol. The maximum Gasteiger partial charge on any atom is 0.312 e. The minimum Gasteiger partial charge on any atom is -0.507 e. The summed E-state index contributed by atoms with van der Waals surface area (Å²) in [5.74, 6) is 5.88. The molecular weight excluding hydrogens is 1000 g/mol. The quantitative estimate of drug-likeness (QED) is 0.104. The average Bonchev–Trinajstić information content (AvgIpc) is 4.50. The Morgan fingerprint density at radius 3 is 1.80 bits per heavy atom. The number of fused-ring (bicyclic) bond motifs is 11. The van der Waals surface area contributed by atoms with Gasteiger partial charge in [-0.15, -0.1) is 0 Å². The van der Waals surface area contributed by atoms with Crippen molar-refractivity contribution in [3.05, 3.63) is 42.0 Å². The van der Waals surface area contributed by atoms with E-state index in [1.54, 1.807) is 12.1 Å². The van der Waals surface area contributed by atoms with Crippen molar-refractivity contribution < 1.29 is 62.6 Å². The molecule has 0 spiro atoms. The van der Waals surface area contributed by atoms with E-state index in [4.69, 9.17) is 28.4 Å². The number of aromatic hydroxyl groups is 1. The van der Waals surface area contributed by atoms with Crippen LogP contribution in [-0.4, -0.2) is 81.3 Å². The summed E-state index contributed by atoms with van der Waals surface area (Å²) in [7, 11) is 0. The molecule has 13 heteroatoms. The molecule has 2 aromatic rings. The number of ether oxygens (including phenoxy) is 6. The molecule has 13 rings (SSSR count). The molecule has 3 saturated heterocycles. The molecule has 2 N–H and O–H groups in total. The zero-order valence-corrected chi connectivity index (χ0v) is 50.1. The smallest absolute Gasteiger partial charge is 0.312 e. The topological polar surface area (TPSA) is 181 Å². The number of aliphatic hydroxyl groups is 1. The first-order valence-electron chi connectivity index (χ1n) is 30.7. The molecule has 3 aliphatic heterocycles. The van der Waals surface area contributed by atoms with Crippen LogP contribution in [0.25, 0.3) is 10.8 Å². The molecule has 0 amide bonds. The van der Waals surface area contributed by atoms with E-state index in [9.17, 15) is 34.2 Å². The highest BCUT2D eigenvalue weighted by molar-refractivity contribution is 5.91. The first-order chi connectivity index (χ1) is 37.1. The Bertz CT molecular complexity index is 2600. The van der Waals surface area contributed by atoms with E-state index in [1.165, 1.54) is 32.1 Å². The normalized spacial score (nSPS) is 36.5. The second-order valence-corrected chi connectivity index (χ2v) is 28.9. The van der Waals surface area contributed by atoms with Crippen LogP contribution in [0, 0.1) is 74.9 Å². The Balaban J connectivity index is 0.000000128. The molecule has 8 aliphatic carbocycles. The highest BCUT2D eigenvalue weighted by Gasteiger charge is 2.69. The SMILES string of the molecule is CCC(C)(C)C(=O)OC1(CC)CC2CC1C1C3CCC(C3)C21.CCC(C)(C)C(=O)OC12CC3CC(CC(O)(C3)C1)C2.CCC(C)(C)C(=O)OC1C2CC3C(=O)OC1C3O2.CCC(C)(C)C(=O)OCc1ccc(O)c2ccccc12. The third-order valence-electron chi connectivity index (χ3n) is 22.2. The molecule has 0 aromatic heterocycles. The summed E-state index contributed by atoms with van der Waals surface area (Å²) in [6.45, 7) is 25.9. The van der Waals surface area contributed by atoms with Crippen LogP contribution < -0.4 is 0 Å². The number of benzene rings is 2. The molecule has 13 nitrogen and oxygen atoms in total. The van der Waals surface area contributed by atoms with Gasteiger partial charge in [-0.3, -0.25) is 24.0 Å². The monoisotopic (exact) mass is 1100 g/mol. The van der Waals surface area contributed by atoms with Gasteiger partial charge in [0, 0.05) is 17.7 Å². The van der Waals surface area contributed by atoms with Crippen molar-refractivity contribution in [1.82, 2.24) is 0 Å². The van der Waals surface area contributed by atoms with E-state index in [-0.39, 0.29) is 76.9 Å². The van der Waals surface area contributed by atoms with E-state index in [1.807, 2.05) is 100 Å². The summed E-state index contributed by atoms with van der Waals surface area (Å²) in [5, 5.41) is 22.2. The van der Waals surface area contributed by atoms with Gasteiger partial charge < -0.3 is 38.6 Å². The summed E-state index contributed by atoms with van der Waals surface area (Å²) >= 11 is 0. The van der Waals surface area contributed by atoms with Gasteiger partial charge in [0.15, 0.2) is 12.2 Å². The van der Waals surface area contributed by atoms with Crippen LogP contribution >= 0.6 is 0 Å². The Labute approximate surface area is 471 Å². The van der Waals surface area contributed by atoms with E-state index in [0.29, 0.717) is 37.0 Å². The van der Waals surface area contributed by atoms with Gasteiger partial charge >= 0.3 is 29.8 Å². The number of rotatable bonds is 14. The Morgan fingerprint density at radius 2 is 1.20 bits per heavy atom. The van der Waals surface area contributed by atoms with Gasteiger partial charge in [-0.05, 0) is 217 Å². The van der Waals surface area contributed by atoms with E-state index in [2.05, 4.69) is 13.8 Å². The number of hydrogen-bond donors (Lipinski definition) is 2. The van der Waals surface area contributed by atoms with Gasteiger partial charge in [0.2, 0.25) is 0 Å². The standard InChI is InChI=1S/C20H32O2.C17H20O3.C16H26O3.C13H18O5/c1-5-19(3,4)18(21)22-20(6-2)11-14-10-15(20)17-13-8-7-12(9-13)16(14)17;1-4-17(2,3)16(19)20-11-12-9-10-15(18)14-8-6-5-7-13(12)14;1-4-14(2,3)13(17)19-16-8-11-5-12(9-16)7-15(18,6-11)10-16;1-4-13(2,3)12(15)18-9-7-5-6-8(16-7)10(9)17-11(6)14/h12-17H,5-11H2,1-4H3;5-10,18H,4,11H2,1-3H3;11-12,18H,4-10H2,1-3H3;6-10H,4-5H2,1-3H3. The van der Waals surface area contributed by atoms with Crippen LogP contribution in [0.5, 0.6) is 5.75 Å². The van der Waals surface area contributed by atoms with Crippen molar-refractivity contribution in [3.63, 3.8) is 0 Å². The number of esters is 5. The molecule has 2 aromatic carbocycles. The zero-order valence-electron chi connectivity index (χ0n) is 50.1. The third-order valence-corrected chi connectivity index (χ3v) is 22.2. The van der Waals surface area contributed by atoms with Crippen molar-refractivity contribution in [3.8, 4) is 5.75 Å². The maximum atomic E-state index is 12.7.